The molecule has 0 amide bonds. The fourth-order valence-corrected chi connectivity index (χ4v) is 1.80. The number of alkyl halides is 3. The van der Waals surface area contributed by atoms with Gasteiger partial charge in [0.2, 0.25) is 10.1 Å². The standard InChI is InChI=1S/C10H16F3N3OS/c1-9(2,4-5-17-3)6-14-8-16-15-7(18-8)10(11,12)13/h4-6H2,1-3H3,(H,14,16). The van der Waals surface area contributed by atoms with Crippen molar-refractivity contribution in [2.75, 3.05) is 25.6 Å². The molecule has 0 unspecified atom stereocenters. The Labute approximate surface area is 108 Å². The Morgan fingerprint density at radius 1 is 1.28 bits per heavy atom. The lowest BCUT2D eigenvalue weighted by molar-refractivity contribution is -0.138. The van der Waals surface area contributed by atoms with Crippen LogP contribution in [0.2, 0.25) is 0 Å². The largest absolute Gasteiger partial charge is 0.445 e. The van der Waals surface area contributed by atoms with Crippen LogP contribution in [-0.4, -0.2) is 30.5 Å². The number of rotatable bonds is 6. The molecule has 1 aromatic heterocycles. The number of halogens is 3. The topological polar surface area (TPSA) is 47.0 Å². The Morgan fingerprint density at radius 2 is 1.94 bits per heavy atom. The molecule has 8 heteroatoms. The molecule has 0 saturated heterocycles. The summed E-state index contributed by atoms with van der Waals surface area (Å²) in [6.45, 7) is 5.14. The smallest absolute Gasteiger partial charge is 0.385 e. The summed E-state index contributed by atoms with van der Waals surface area (Å²) in [5.41, 5.74) is -0.0833. The first kappa shape index (κ1) is 15.2. The molecule has 18 heavy (non-hydrogen) atoms. The van der Waals surface area contributed by atoms with Gasteiger partial charge in [0.25, 0.3) is 0 Å². The van der Waals surface area contributed by atoms with Gasteiger partial charge < -0.3 is 10.1 Å². The van der Waals surface area contributed by atoms with Gasteiger partial charge in [0.05, 0.1) is 0 Å². The van der Waals surface area contributed by atoms with Crippen LogP contribution >= 0.6 is 11.3 Å². The highest BCUT2D eigenvalue weighted by molar-refractivity contribution is 7.15. The van der Waals surface area contributed by atoms with Gasteiger partial charge in [-0.1, -0.05) is 25.2 Å². The normalized spacial score (nSPS) is 12.8. The SMILES string of the molecule is COCCC(C)(C)CNc1nnc(C(F)(F)F)s1. The maximum absolute atomic E-state index is 12.3. The third-order valence-electron chi connectivity index (χ3n) is 2.37. The first-order chi connectivity index (χ1) is 8.24. The van der Waals surface area contributed by atoms with E-state index in [0.29, 0.717) is 24.5 Å². The Balaban J connectivity index is 2.51. The highest BCUT2D eigenvalue weighted by atomic mass is 32.1. The van der Waals surface area contributed by atoms with Crippen LogP contribution in [0.4, 0.5) is 18.3 Å². The summed E-state index contributed by atoms with van der Waals surface area (Å²) in [7, 11) is 1.61. The Bertz CT molecular complexity index is 379. The first-order valence-corrected chi connectivity index (χ1v) is 6.20. The van der Waals surface area contributed by atoms with E-state index < -0.39 is 11.2 Å². The van der Waals surface area contributed by atoms with E-state index in [1.54, 1.807) is 7.11 Å². The van der Waals surface area contributed by atoms with Crippen molar-refractivity contribution < 1.29 is 17.9 Å². The Hall–Kier alpha value is -0.890. The molecular weight excluding hydrogens is 267 g/mol. The fourth-order valence-electron chi connectivity index (χ4n) is 1.19. The minimum atomic E-state index is -4.43. The zero-order chi connectivity index (χ0) is 13.8. The van der Waals surface area contributed by atoms with Crippen molar-refractivity contribution in [3.63, 3.8) is 0 Å². The van der Waals surface area contributed by atoms with E-state index in [2.05, 4.69) is 15.5 Å². The first-order valence-electron chi connectivity index (χ1n) is 5.38. The van der Waals surface area contributed by atoms with Crippen molar-refractivity contribution >= 4 is 16.5 Å². The van der Waals surface area contributed by atoms with Gasteiger partial charge in [-0.3, -0.25) is 0 Å². The van der Waals surface area contributed by atoms with E-state index >= 15 is 0 Å². The number of nitrogens with zero attached hydrogens (tertiary/aromatic N) is 2. The number of nitrogens with one attached hydrogen (secondary N) is 1. The molecule has 1 rings (SSSR count). The molecule has 1 N–H and O–H groups in total. The summed E-state index contributed by atoms with van der Waals surface area (Å²) in [6, 6.07) is 0. The molecule has 0 fully saturated rings. The summed E-state index contributed by atoms with van der Waals surface area (Å²) in [5.74, 6) is 0. The van der Waals surface area contributed by atoms with E-state index in [-0.39, 0.29) is 10.5 Å². The number of methoxy groups -OCH3 is 1. The second kappa shape index (κ2) is 5.83. The number of ether oxygens (including phenoxy) is 1. The lowest BCUT2D eigenvalue weighted by Crippen LogP contribution is -2.24. The van der Waals surface area contributed by atoms with Crippen LogP contribution < -0.4 is 5.32 Å². The number of aromatic nitrogens is 2. The van der Waals surface area contributed by atoms with Crippen LogP contribution in [0.1, 0.15) is 25.3 Å². The van der Waals surface area contributed by atoms with Gasteiger partial charge in [-0.15, -0.1) is 10.2 Å². The second-order valence-electron chi connectivity index (χ2n) is 4.67. The minimum absolute atomic E-state index is 0.0833. The molecule has 1 aromatic rings. The summed E-state index contributed by atoms with van der Waals surface area (Å²) in [6.07, 6.45) is -3.62. The summed E-state index contributed by atoms with van der Waals surface area (Å²) in [4.78, 5) is 0. The molecule has 0 bridgehead atoms. The van der Waals surface area contributed by atoms with Gasteiger partial charge >= 0.3 is 6.18 Å². The van der Waals surface area contributed by atoms with Gasteiger partial charge in [-0.25, -0.2) is 0 Å². The van der Waals surface area contributed by atoms with E-state index in [4.69, 9.17) is 4.74 Å². The quantitative estimate of drug-likeness (QED) is 0.871. The van der Waals surface area contributed by atoms with Crippen LogP contribution in [-0.2, 0) is 10.9 Å². The molecule has 4 nitrogen and oxygen atoms in total. The summed E-state index contributed by atoms with van der Waals surface area (Å²) < 4.78 is 41.9. The van der Waals surface area contributed by atoms with Gasteiger partial charge in [-0.05, 0) is 11.8 Å². The molecule has 0 aliphatic carbocycles. The predicted octanol–water partition coefficient (Wildman–Crippen LogP) is 3.03. The molecule has 0 saturated carbocycles. The van der Waals surface area contributed by atoms with Crippen LogP contribution in [0.3, 0.4) is 0 Å². The van der Waals surface area contributed by atoms with Crippen molar-refractivity contribution in [1.82, 2.24) is 10.2 Å². The Morgan fingerprint density at radius 3 is 2.44 bits per heavy atom. The van der Waals surface area contributed by atoms with Gasteiger partial charge in [0.1, 0.15) is 0 Å². The van der Waals surface area contributed by atoms with Gasteiger partial charge in [-0.2, -0.15) is 13.2 Å². The average Bonchev–Trinajstić information content (AvgIpc) is 2.72. The van der Waals surface area contributed by atoms with Gasteiger partial charge in [0.15, 0.2) is 0 Å². The van der Waals surface area contributed by atoms with Crippen LogP contribution in [0, 0.1) is 5.41 Å². The van der Waals surface area contributed by atoms with E-state index in [9.17, 15) is 13.2 Å². The van der Waals surface area contributed by atoms with Crippen LogP contribution in [0.5, 0.6) is 0 Å². The number of anilines is 1. The molecule has 0 aromatic carbocycles. The molecule has 0 atom stereocenters. The van der Waals surface area contributed by atoms with E-state index in [1.807, 2.05) is 13.8 Å². The zero-order valence-corrected chi connectivity index (χ0v) is 11.3. The minimum Gasteiger partial charge on any atom is -0.385 e. The lowest BCUT2D eigenvalue weighted by atomic mass is 9.90. The molecule has 0 radical (unpaired) electrons. The second-order valence-corrected chi connectivity index (χ2v) is 5.65. The lowest BCUT2D eigenvalue weighted by Gasteiger charge is -2.24. The average molecular weight is 283 g/mol. The molecular formula is C10H16F3N3OS. The van der Waals surface area contributed by atoms with E-state index in [1.165, 1.54) is 0 Å². The van der Waals surface area contributed by atoms with E-state index in [0.717, 1.165) is 6.42 Å². The molecule has 0 aliphatic heterocycles. The van der Waals surface area contributed by atoms with Crippen molar-refractivity contribution in [1.29, 1.82) is 0 Å². The Kier molecular flexibility index (Phi) is 4.92. The van der Waals surface area contributed by atoms with Crippen molar-refractivity contribution in [2.24, 2.45) is 5.41 Å². The van der Waals surface area contributed by atoms with Crippen molar-refractivity contribution in [2.45, 2.75) is 26.4 Å². The maximum atomic E-state index is 12.3. The van der Waals surface area contributed by atoms with Crippen LogP contribution in [0.15, 0.2) is 0 Å². The highest BCUT2D eigenvalue weighted by Crippen LogP contribution is 2.33. The third-order valence-corrected chi connectivity index (χ3v) is 3.29. The molecule has 0 spiro atoms. The predicted molar refractivity (Wildman–Crippen MR) is 63.7 cm³/mol. The summed E-state index contributed by atoms with van der Waals surface area (Å²) in [5, 5.41) is 8.71. The fraction of sp³-hybridized carbons (Fsp3) is 0.800. The number of hydrogen-bond donors (Lipinski definition) is 1. The van der Waals surface area contributed by atoms with Crippen molar-refractivity contribution in [3.8, 4) is 0 Å². The third kappa shape index (κ3) is 4.77. The molecule has 104 valence electrons. The zero-order valence-electron chi connectivity index (χ0n) is 10.5. The number of hydrogen-bond acceptors (Lipinski definition) is 5. The van der Waals surface area contributed by atoms with Gasteiger partial charge in [0, 0.05) is 20.3 Å². The van der Waals surface area contributed by atoms with Crippen molar-refractivity contribution in [3.05, 3.63) is 5.01 Å². The highest BCUT2D eigenvalue weighted by Gasteiger charge is 2.35. The maximum Gasteiger partial charge on any atom is 0.445 e. The van der Waals surface area contributed by atoms with Crippen LogP contribution in [0.25, 0.3) is 0 Å². The molecule has 0 aliphatic rings. The monoisotopic (exact) mass is 283 g/mol. The summed E-state index contributed by atoms with van der Waals surface area (Å²) >= 11 is 0.515. The molecule has 1 heterocycles.